The highest BCUT2D eigenvalue weighted by Crippen LogP contribution is 2.11. The number of ether oxygens (including phenoxy) is 2. The quantitative estimate of drug-likeness (QED) is 0.606. The van der Waals surface area contributed by atoms with Crippen molar-refractivity contribution in [2.24, 2.45) is 0 Å². The predicted molar refractivity (Wildman–Crippen MR) is 65.9 cm³/mol. The average molecular weight is 240 g/mol. The SMILES string of the molecule is CCn1cc(N)cc1C(=O)OCCOC(C)C. The van der Waals surface area contributed by atoms with Crippen molar-refractivity contribution >= 4 is 11.7 Å². The van der Waals surface area contributed by atoms with Gasteiger partial charge in [-0.2, -0.15) is 0 Å². The van der Waals surface area contributed by atoms with Crippen molar-refractivity contribution in [3.8, 4) is 0 Å². The first-order valence-corrected chi connectivity index (χ1v) is 5.79. The van der Waals surface area contributed by atoms with Crippen LogP contribution in [0.25, 0.3) is 0 Å². The molecule has 0 saturated carbocycles. The molecule has 0 bridgehead atoms. The summed E-state index contributed by atoms with van der Waals surface area (Å²) in [5.41, 5.74) is 6.68. The highest BCUT2D eigenvalue weighted by molar-refractivity contribution is 5.89. The van der Waals surface area contributed by atoms with Gasteiger partial charge in [-0.1, -0.05) is 0 Å². The molecule has 0 unspecified atom stereocenters. The number of nitrogens with two attached hydrogens (primary N) is 1. The summed E-state index contributed by atoms with van der Waals surface area (Å²) in [5.74, 6) is -0.365. The minimum Gasteiger partial charge on any atom is -0.459 e. The molecule has 0 radical (unpaired) electrons. The summed E-state index contributed by atoms with van der Waals surface area (Å²) in [5, 5.41) is 0. The highest BCUT2D eigenvalue weighted by Gasteiger charge is 2.13. The maximum absolute atomic E-state index is 11.7. The van der Waals surface area contributed by atoms with Crippen molar-refractivity contribution in [1.82, 2.24) is 4.57 Å². The molecular weight excluding hydrogens is 220 g/mol. The van der Waals surface area contributed by atoms with Crippen LogP contribution in [0.4, 0.5) is 5.69 Å². The highest BCUT2D eigenvalue weighted by atomic mass is 16.6. The van der Waals surface area contributed by atoms with Crippen molar-refractivity contribution in [1.29, 1.82) is 0 Å². The second-order valence-electron chi connectivity index (χ2n) is 4.00. The molecule has 0 atom stereocenters. The molecule has 0 aliphatic rings. The van der Waals surface area contributed by atoms with Gasteiger partial charge in [-0.05, 0) is 26.8 Å². The molecule has 0 aliphatic heterocycles. The van der Waals surface area contributed by atoms with Crippen molar-refractivity contribution in [3.63, 3.8) is 0 Å². The van der Waals surface area contributed by atoms with E-state index in [4.69, 9.17) is 15.2 Å². The number of hydrogen-bond acceptors (Lipinski definition) is 4. The van der Waals surface area contributed by atoms with Crippen LogP contribution in [0.15, 0.2) is 12.3 Å². The van der Waals surface area contributed by atoms with Gasteiger partial charge in [-0.25, -0.2) is 4.79 Å². The first kappa shape index (κ1) is 13.6. The van der Waals surface area contributed by atoms with E-state index in [1.807, 2.05) is 20.8 Å². The fourth-order valence-electron chi connectivity index (χ4n) is 1.46. The summed E-state index contributed by atoms with van der Waals surface area (Å²) >= 11 is 0. The zero-order chi connectivity index (χ0) is 12.8. The first-order valence-electron chi connectivity index (χ1n) is 5.79. The van der Waals surface area contributed by atoms with Crippen LogP contribution in [0.3, 0.4) is 0 Å². The third-order valence-electron chi connectivity index (χ3n) is 2.24. The van der Waals surface area contributed by atoms with Crippen LogP contribution >= 0.6 is 0 Å². The number of carbonyl (C=O) groups is 1. The fraction of sp³-hybridized carbons (Fsp3) is 0.583. The lowest BCUT2D eigenvalue weighted by Gasteiger charge is -2.09. The third kappa shape index (κ3) is 4.11. The molecule has 0 fully saturated rings. The van der Waals surface area contributed by atoms with Gasteiger partial charge >= 0.3 is 5.97 Å². The van der Waals surface area contributed by atoms with Crippen LogP contribution < -0.4 is 5.73 Å². The van der Waals surface area contributed by atoms with Crippen LogP contribution in [-0.4, -0.2) is 29.9 Å². The molecule has 1 aromatic rings. The Kier molecular flexibility index (Phi) is 5.03. The summed E-state index contributed by atoms with van der Waals surface area (Å²) in [6, 6.07) is 1.62. The average Bonchev–Trinajstić information content (AvgIpc) is 2.65. The molecule has 0 saturated heterocycles. The Balaban J connectivity index is 2.46. The number of nitrogen functional groups attached to an aromatic ring is 1. The van der Waals surface area contributed by atoms with Gasteiger partial charge in [0.1, 0.15) is 12.3 Å². The zero-order valence-corrected chi connectivity index (χ0v) is 10.6. The zero-order valence-electron chi connectivity index (χ0n) is 10.6. The summed E-state index contributed by atoms with van der Waals surface area (Å²) in [7, 11) is 0. The van der Waals surface area contributed by atoms with Crippen molar-refractivity contribution < 1.29 is 14.3 Å². The number of hydrogen-bond donors (Lipinski definition) is 1. The Morgan fingerprint density at radius 3 is 2.76 bits per heavy atom. The van der Waals surface area contributed by atoms with E-state index < -0.39 is 0 Å². The maximum Gasteiger partial charge on any atom is 0.355 e. The Bertz CT molecular complexity index is 372. The molecule has 0 aliphatic carbocycles. The predicted octanol–water partition coefficient (Wildman–Crippen LogP) is 1.67. The van der Waals surface area contributed by atoms with E-state index >= 15 is 0 Å². The standard InChI is InChI=1S/C12H20N2O3/c1-4-14-8-10(13)7-11(14)12(15)17-6-5-16-9(2)3/h7-9H,4-6,13H2,1-3H3. The van der Waals surface area contributed by atoms with Crippen LogP contribution in [0, 0.1) is 0 Å². The van der Waals surface area contributed by atoms with Gasteiger partial charge in [0, 0.05) is 12.7 Å². The van der Waals surface area contributed by atoms with Crippen LogP contribution in [0.5, 0.6) is 0 Å². The number of aryl methyl sites for hydroxylation is 1. The van der Waals surface area contributed by atoms with Gasteiger partial charge in [-0.15, -0.1) is 0 Å². The number of aromatic nitrogens is 1. The topological polar surface area (TPSA) is 66.5 Å². The summed E-state index contributed by atoms with van der Waals surface area (Å²) in [4.78, 5) is 11.7. The van der Waals surface area contributed by atoms with Crippen LogP contribution in [-0.2, 0) is 16.0 Å². The lowest BCUT2D eigenvalue weighted by molar-refractivity contribution is 0.0169. The lowest BCUT2D eigenvalue weighted by Crippen LogP contribution is -2.16. The van der Waals surface area contributed by atoms with Crippen molar-refractivity contribution in [2.45, 2.75) is 33.4 Å². The van der Waals surface area contributed by atoms with Crippen molar-refractivity contribution in [3.05, 3.63) is 18.0 Å². The maximum atomic E-state index is 11.7. The van der Waals surface area contributed by atoms with Gasteiger partial charge in [0.15, 0.2) is 0 Å². The second-order valence-corrected chi connectivity index (χ2v) is 4.00. The van der Waals surface area contributed by atoms with Crippen molar-refractivity contribution in [2.75, 3.05) is 18.9 Å². The number of anilines is 1. The Morgan fingerprint density at radius 1 is 1.47 bits per heavy atom. The van der Waals surface area contributed by atoms with Gasteiger partial charge in [0.2, 0.25) is 0 Å². The van der Waals surface area contributed by atoms with E-state index in [0.29, 0.717) is 24.5 Å². The Labute approximate surface area is 101 Å². The van der Waals surface area contributed by atoms with E-state index in [-0.39, 0.29) is 18.7 Å². The normalized spacial score (nSPS) is 10.8. The smallest absolute Gasteiger partial charge is 0.355 e. The van der Waals surface area contributed by atoms with Gasteiger partial charge in [0.05, 0.1) is 18.4 Å². The summed E-state index contributed by atoms with van der Waals surface area (Å²) in [6.45, 7) is 7.16. The summed E-state index contributed by atoms with van der Waals surface area (Å²) < 4.78 is 12.1. The first-order chi connectivity index (χ1) is 8.04. The van der Waals surface area contributed by atoms with E-state index in [2.05, 4.69) is 0 Å². The van der Waals surface area contributed by atoms with Gasteiger partial charge in [-0.3, -0.25) is 0 Å². The number of rotatable bonds is 6. The van der Waals surface area contributed by atoms with Gasteiger partial charge in [0.25, 0.3) is 0 Å². The molecule has 5 nitrogen and oxygen atoms in total. The number of carbonyl (C=O) groups excluding carboxylic acids is 1. The number of nitrogens with zero attached hydrogens (tertiary/aromatic N) is 1. The minimum absolute atomic E-state index is 0.142. The van der Waals surface area contributed by atoms with E-state index in [1.165, 1.54) is 0 Å². The molecule has 1 aromatic heterocycles. The lowest BCUT2D eigenvalue weighted by atomic mass is 10.4. The summed E-state index contributed by atoms with van der Waals surface area (Å²) in [6.07, 6.45) is 1.87. The molecular formula is C12H20N2O3. The van der Waals surface area contributed by atoms with E-state index in [1.54, 1.807) is 16.8 Å². The minimum atomic E-state index is -0.365. The monoisotopic (exact) mass is 240 g/mol. The van der Waals surface area contributed by atoms with E-state index in [9.17, 15) is 4.79 Å². The van der Waals surface area contributed by atoms with Crippen LogP contribution in [0.1, 0.15) is 31.3 Å². The molecule has 1 rings (SSSR count). The molecule has 0 aromatic carbocycles. The molecule has 0 spiro atoms. The van der Waals surface area contributed by atoms with E-state index in [0.717, 1.165) is 0 Å². The Hall–Kier alpha value is -1.49. The number of esters is 1. The van der Waals surface area contributed by atoms with Gasteiger partial charge < -0.3 is 19.8 Å². The largest absolute Gasteiger partial charge is 0.459 e. The molecule has 1 heterocycles. The molecule has 17 heavy (non-hydrogen) atoms. The third-order valence-corrected chi connectivity index (χ3v) is 2.24. The van der Waals surface area contributed by atoms with Crippen LogP contribution in [0.2, 0.25) is 0 Å². The Morgan fingerprint density at radius 2 is 2.18 bits per heavy atom. The molecule has 0 amide bonds. The molecule has 2 N–H and O–H groups in total. The fourth-order valence-corrected chi connectivity index (χ4v) is 1.46. The molecule has 5 heteroatoms. The molecule has 96 valence electrons. The second kappa shape index (κ2) is 6.30.